The number of nitrogens with one attached hydrogen (secondary N) is 1. The Morgan fingerprint density at radius 3 is 2.60 bits per heavy atom. The molecule has 3 N–H and O–H groups in total. The van der Waals surface area contributed by atoms with E-state index in [-0.39, 0.29) is 18.2 Å². The van der Waals surface area contributed by atoms with Gasteiger partial charge in [-0.2, -0.15) is 0 Å². The van der Waals surface area contributed by atoms with Crippen LogP contribution in [0.4, 0.5) is 10.2 Å². The van der Waals surface area contributed by atoms with Crippen LogP contribution in [-0.2, 0) is 0 Å². The Balaban J connectivity index is 0.000000810. The van der Waals surface area contributed by atoms with Gasteiger partial charge in [0.15, 0.2) is 0 Å². The highest BCUT2D eigenvalue weighted by molar-refractivity contribution is 5.85. The van der Waals surface area contributed by atoms with Gasteiger partial charge in [-0.1, -0.05) is 0 Å². The fourth-order valence-electron chi connectivity index (χ4n) is 0.461. The molecule has 0 aliphatic carbocycles. The van der Waals surface area contributed by atoms with E-state index in [1.807, 2.05) is 0 Å². The lowest BCUT2D eigenvalue weighted by Gasteiger charge is -1.94. The van der Waals surface area contributed by atoms with E-state index in [9.17, 15) is 4.39 Å². The third-order valence-electron chi connectivity index (χ3n) is 0.875. The first kappa shape index (κ1) is 9.13. The van der Waals surface area contributed by atoms with Gasteiger partial charge in [0.05, 0.1) is 6.20 Å². The maximum atomic E-state index is 12.1. The van der Waals surface area contributed by atoms with Crippen molar-refractivity contribution in [1.82, 2.24) is 4.98 Å². The summed E-state index contributed by atoms with van der Waals surface area (Å²) >= 11 is 0. The molecule has 0 fully saturated rings. The first-order chi connectivity index (χ1) is 4.33. The smallest absolute Gasteiger partial charge is 0.141 e. The van der Waals surface area contributed by atoms with Crippen LogP contribution in [0.1, 0.15) is 0 Å². The number of pyridine rings is 1. The van der Waals surface area contributed by atoms with Crippen molar-refractivity contribution in [1.29, 1.82) is 0 Å². The lowest BCUT2D eigenvalue weighted by Crippen LogP contribution is -2.07. The quantitative estimate of drug-likeness (QED) is 0.478. The molecule has 0 aromatic carbocycles. The lowest BCUT2D eigenvalue weighted by molar-refractivity contribution is 0.622. The van der Waals surface area contributed by atoms with E-state index in [2.05, 4.69) is 10.4 Å². The zero-order valence-electron chi connectivity index (χ0n) is 5.04. The molecule has 0 amide bonds. The Morgan fingerprint density at radius 1 is 1.50 bits per heavy atom. The molecule has 0 unspecified atom stereocenters. The summed E-state index contributed by atoms with van der Waals surface area (Å²) in [5, 5.41) is 0. The first-order valence-corrected chi connectivity index (χ1v) is 2.41. The molecule has 0 radical (unpaired) electrons. The Labute approximate surface area is 63.8 Å². The number of hydrogen-bond acceptors (Lipinski definition) is 3. The summed E-state index contributed by atoms with van der Waals surface area (Å²) in [7, 11) is 0. The van der Waals surface area contributed by atoms with Gasteiger partial charge in [0.1, 0.15) is 11.6 Å². The van der Waals surface area contributed by atoms with Crippen molar-refractivity contribution in [3.05, 3.63) is 24.1 Å². The highest BCUT2D eigenvalue weighted by atomic mass is 35.5. The average Bonchev–Trinajstić information content (AvgIpc) is 1.90. The van der Waals surface area contributed by atoms with E-state index in [1.54, 1.807) is 0 Å². The lowest BCUT2D eigenvalue weighted by atomic mass is 10.4. The van der Waals surface area contributed by atoms with E-state index >= 15 is 0 Å². The van der Waals surface area contributed by atoms with Gasteiger partial charge in [-0.05, 0) is 12.1 Å². The second-order valence-corrected chi connectivity index (χ2v) is 1.51. The molecule has 1 heterocycles. The SMILES string of the molecule is Cl.NNc1ccc(F)cn1. The van der Waals surface area contributed by atoms with Crippen molar-refractivity contribution in [2.45, 2.75) is 0 Å². The molecular weight excluding hydrogens is 157 g/mol. The monoisotopic (exact) mass is 163 g/mol. The van der Waals surface area contributed by atoms with Gasteiger partial charge < -0.3 is 5.43 Å². The largest absolute Gasteiger partial charge is 0.308 e. The summed E-state index contributed by atoms with van der Waals surface area (Å²) in [5.74, 6) is 5.05. The summed E-state index contributed by atoms with van der Waals surface area (Å²) in [6.07, 6.45) is 1.09. The third-order valence-corrected chi connectivity index (χ3v) is 0.875. The minimum atomic E-state index is -0.367. The number of rotatable bonds is 1. The van der Waals surface area contributed by atoms with Crippen LogP contribution < -0.4 is 11.3 Å². The maximum absolute atomic E-state index is 12.1. The molecule has 0 saturated heterocycles. The number of hydrazine groups is 1. The number of anilines is 1. The first-order valence-electron chi connectivity index (χ1n) is 2.41. The van der Waals surface area contributed by atoms with Crippen LogP contribution in [0, 0.1) is 5.82 Å². The number of nitrogens with two attached hydrogens (primary N) is 1. The Morgan fingerprint density at radius 2 is 2.20 bits per heavy atom. The number of hydrogen-bond donors (Lipinski definition) is 2. The minimum absolute atomic E-state index is 0. The molecule has 0 atom stereocenters. The normalized spacial score (nSPS) is 8.20. The van der Waals surface area contributed by atoms with E-state index in [0.717, 1.165) is 6.20 Å². The van der Waals surface area contributed by atoms with Crippen molar-refractivity contribution in [2.24, 2.45) is 5.84 Å². The molecule has 0 aliphatic heterocycles. The third kappa shape index (κ3) is 2.16. The average molecular weight is 164 g/mol. The van der Waals surface area contributed by atoms with Crippen molar-refractivity contribution in [2.75, 3.05) is 5.43 Å². The number of nitrogen functional groups attached to an aromatic ring is 1. The highest BCUT2D eigenvalue weighted by Gasteiger charge is 1.88. The molecule has 56 valence electrons. The van der Waals surface area contributed by atoms with Crippen LogP contribution in [0.15, 0.2) is 18.3 Å². The number of nitrogens with zero attached hydrogens (tertiary/aromatic N) is 1. The number of aromatic nitrogens is 1. The number of halogens is 2. The van der Waals surface area contributed by atoms with Gasteiger partial charge in [0.2, 0.25) is 0 Å². The predicted octanol–water partition coefficient (Wildman–Crippen LogP) is 0.928. The van der Waals surface area contributed by atoms with Gasteiger partial charge in [-0.25, -0.2) is 15.2 Å². The minimum Gasteiger partial charge on any atom is -0.308 e. The van der Waals surface area contributed by atoms with Crippen molar-refractivity contribution in [3.63, 3.8) is 0 Å². The van der Waals surface area contributed by atoms with Crippen LogP contribution >= 0.6 is 12.4 Å². The fraction of sp³-hybridized carbons (Fsp3) is 0. The fourth-order valence-corrected chi connectivity index (χ4v) is 0.461. The van der Waals surface area contributed by atoms with Gasteiger partial charge >= 0.3 is 0 Å². The maximum Gasteiger partial charge on any atom is 0.141 e. The van der Waals surface area contributed by atoms with Crippen LogP contribution in [-0.4, -0.2) is 4.98 Å². The Kier molecular flexibility index (Phi) is 3.68. The molecule has 0 bridgehead atoms. The highest BCUT2D eigenvalue weighted by Crippen LogP contribution is 1.99. The zero-order valence-corrected chi connectivity index (χ0v) is 5.86. The molecule has 0 spiro atoms. The van der Waals surface area contributed by atoms with E-state index in [4.69, 9.17) is 5.84 Å². The topological polar surface area (TPSA) is 50.9 Å². The molecule has 0 saturated carbocycles. The molecule has 5 heteroatoms. The molecule has 3 nitrogen and oxygen atoms in total. The summed E-state index contributed by atoms with van der Waals surface area (Å²) in [5.41, 5.74) is 2.28. The van der Waals surface area contributed by atoms with Crippen molar-refractivity contribution < 1.29 is 4.39 Å². The summed E-state index contributed by atoms with van der Waals surface area (Å²) in [6, 6.07) is 2.73. The Hall–Kier alpha value is -0.870. The zero-order chi connectivity index (χ0) is 6.69. The summed E-state index contributed by atoms with van der Waals surface area (Å²) < 4.78 is 12.1. The second kappa shape index (κ2) is 4.03. The second-order valence-electron chi connectivity index (χ2n) is 1.51. The molecular formula is C5H7ClFN3. The summed E-state index contributed by atoms with van der Waals surface area (Å²) in [6.45, 7) is 0. The summed E-state index contributed by atoms with van der Waals surface area (Å²) in [4.78, 5) is 3.59. The Bertz CT molecular complexity index is 189. The van der Waals surface area contributed by atoms with Crippen LogP contribution in [0.2, 0.25) is 0 Å². The van der Waals surface area contributed by atoms with Crippen LogP contribution in [0.3, 0.4) is 0 Å². The molecule has 0 aliphatic rings. The van der Waals surface area contributed by atoms with E-state index in [0.29, 0.717) is 5.82 Å². The molecule has 1 aromatic rings. The van der Waals surface area contributed by atoms with E-state index < -0.39 is 0 Å². The predicted molar refractivity (Wildman–Crippen MR) is 39.3 cm³/mol. The van der Waals surface area contributed by atoms with Crippen molar-refractivity contribution in [3.8, 4) is 0 Å². The van der Waals surface area contributed by atoms with Crippen molar-refractivity contribution >= 4 is 18.2 Å². The molecule has 1 aromatic heterocycles. The van der Waals surface area contributed by atoms with Crippen LogP contribution in [0.5, 0.6) is 0 Å². The van der Waals surface area contributed by atoms with Crippen LogP contribution in [0.25, 0.3) is 0 Å². The van der Waals surface area contributed by atoms with Gasteiger partial charge in [0.25, 0.3) is 0 Å². The van der Waals surface area contributed by atoms with E-state index in [1.165, 1.54) is 12.1 Å². The van der Waals surface area contributed by atoms with Gasteiger partial charge in [-0.15, -0.1) is 12.4 Å². The van der Waals surface area contributed by atoms with Gasteiger partial charge in [-0.3, -0.25) is 0 Å². The standard InChI is InChI=1S/C5H6FN3.ClH/c6-4-1-2-5(9-7)8-3-4;/h1-3H,7H2,(H,8,9);1H. The molecule has 1 rings (SSSR count). The molecule has 10 heavy (non-hydrogen) atoms. The van der Waals surface area contributed by atoms with Gasteiger partial charge in [0, 0.05) is 0 Å².